The molecule has 128 valence electrons. The van der Waals surface area contributed by atoms with E-state index in [1.165, 1.54) is 7.11 Å². The number of carbonyl (C=O) groups excluding carboxylic acids is 1. The summed E-state index contributed by atoms with van der Waals surface area (Å²) in [6.07, 6.45) is 0.420. The van der Waals surface area contributed by atoms with Gasteiger partial charge in [-0.25, -0.2) is 8.78 Å². The lowest BCUT2D eigenvalue weighted by molar-refractivity contribution is -0.119. The quantitative estimate of drug-likeness (QED) is 0.873. The van der Waals surface area contributed by atoms with Crippen LogP contribution in [-0.4, -0.2) is 20.1 Å². The van der Waals surface area contributed by atoms with E-state index in [-0.39, 0.29) is 5.69 Å². The van der Waals surface area contributed by atoms with Crippen molar-refractivity contribution in [3.8, 4) is 11.5 Å². The summed E-state index contributed by atoms with van der Waals surface area (Å²) in [7, 11) is 3.08. The first-order chi connectivity index (χ1) is 11.4. The number of carbonyl (C=O) groups is 1. The Labute approximate surface area is 139 Å². The van der Waals surface area contributed by atoms with Crippen LogP contribution in [0, 0.1) is 17.6 Å². The number of hydrogen-bond donors (Lipinski definition) is 1. The molecule has 1 N–H and O–H groups in total. The summed E-state index contributed by atoms with van der Waals surface area (Å²) in [5, 5.41) is 2.41. The van der Waals surface area contributed by atoms with Gasteiger partial charge in [0.15, 0.2) is 11.5 Å². The van der Waals surface area contributed by atoms with E-state index in [0.29, 0.717) is 17.9 Å². The van der Waals surface area contributed by atoms with Crippen LogP contribution in [0.2, 0.25) is 0 Å². The SMILES string of the molecule is COc1ccc(CC(C)C(=O)Nc2cc(F)ccc2F)cc1OC. The Morgan fingerprint density at radius 2 is 1.79 bits per heavy atom. The topological polar surface area (TPSA) is 47.6 Å². The first-order valence-electron chi connectivity index (χ1n) is 7.41. The summed E-state index contributed by atoms with van der Waals surface area (Å²) >= 11 is 0. The molecule has 0 aliphatic heterocycles. The molecule has 24 heavy (non-hydrogen) atoms. The maximum atomic E-state index is 13.6. The van der Waals surface area contributed by atoms with E-state index in [2.05, 4.69) is 5.32 Å². The average Bonchev–Trinajstić information content (AvgIpc) is 2.57. The molecule has 0 aliphatic rings. The minimum atomic E-state index is -0.678. The lowest BCUT2D eigenvalue weighted by Gasteiger charge is -2.14. The number of rotatable bonds is 6. The molecule has 0 saturated carbocycles. The van der Waals surface area contributed by atoms with E-state index in [9.17, 15) is 13.6 Å². The van der Waals surface area contributed by atoms with E-state index in [1.807, 2.05) is 6.07 Å². The highest BCUT2D eigenvalue weighted by atomic mass is 19.1. The number of anilines is 1. The van der Waals surface area contributed by atoms with Gasteiger partial charge in [-0.3, -0.25) is 4.79 Å². The highest BCUT2D eigenvalue weighted by Gasteiger charge is 2.17. The van der Waals surface area contributed by atoms with Gasteiger partial charge in [0.05, 0.1) is 19.9 Å². The molecule has 0 saturated heterocycles. The van der Waals surface area contributed by atoms with Crippen LogP contribution in [0.3, 0.4) is 0 Å². The lowest BCUT2D eigenvalue weighted by atomic mass is 10.00. The summed E-state index contributed by atoms with van der Waals surface area (Å²) in [5.41, 5.74) is 0.703. The second-order valence-electron chi connectivity index (χ2n) is 5.41. The molecule has 2 rings (SSSR count). The van der Waals surface area contributed by atoms with Crippen molar-refractivity contribution in [1.82, 2.24) is 0 Å². The third-order valence-corrected chi connectivity index (χ3v) is 3.62. The predicted molar refractivity (Wildman–Crippen MR) is 87.4 cm³/mol. The molecule has 1 unspecified atom stereocenters. The Bertz CT molecular complexity index is 734. The molecule has 6 heteroatoms. The number of hydrogen-bond acceptors (Lipinski definition) is 3. The van der Waals surface area contributed by atoms with Crippen molar-refractivity contribution in [2.24, 2.45) is 5.92 Å². The molecular weight excluding hydrogens is 316 g/mol. The first kappa shape index (κ1) is 17.7. The molecular formula is C18H19F2NO3. The maximum absolute atomic E-state index is 13.6. The van der Waals surface area contributed by atoms with Crippen LogP contribution in [0.1, 0.15) is 12.5 Å². The molecule has 1 atom stereocenters. The number of benzene rings is 2. The van der Waals surface area contributed by atoms with Crippen molar-refractivity contribution in [2.45, 2.75) is 13.3 Å². The van der Waals surface area contributed by atoms with Gasteiger partial charge in [-0.2, -0.15) is 0 Å². The summed E-state index contributed by atoms with van der Waals surface area (Å²) in [6, 6.07) is 8.29. The fraction of sp³-hybridized carbons (Fsp3) is 0.278. The molecule has 1 amide bonds. The fourth-order valence-corrected chi connectivity index (χ4v) is 2.30. The second-order valence-corrected chi connectivity index (χ2v) is 5.41. The smallest absolute Gasteiger partial charge is 0.227 e. The van der Waals surface area contributed by atoms with Crippen molar-refractivity contribution in [3.63, 3.8) is 0 Å². The molecule has 0 heterocycles. The minimum absolute atomic E-state index is 0.167. The van der Waals surface area contributed by atoms with E-state index >= 15 is 0 Å². The molecule has 0 aliphatic carbocycles. The van der Waals surface area contributed by atoms with Crippen LogP contribution in [0.15, 0.2) is 36.4 Å². The van der Waals surface area contributed by atoms with Gasteiger partial charge in [-0.05, 0) is 36.2 Å². The number of halogens is 2. The molecule has 2 aromatic rings. The number of amides is 1. The van der Waals surface area contributed by atoms with Gasteiger partial charge in [0.25, 0.3) is 0 Å². The zero-order valence-electron chi connectivity index (χ0n) is 13.7. The predicted octanol–water partition coefficient (Wildman–Crippen LogP) is 3.80. The van der Waals surface area contributed by atoms with E-state index in [4.69, 9.17) is 9.47 Å². The van der Waals surface area contributed by atoms with Crippen molar-refractivity contribution in [1.29, 1.82) is 0 Å². The van der Waals surface area contributed by atoms with Gasteiger partial charge in [0, 0.05) is 12.0 Å². The van der Waals surface area contributed by atoms with Gasteiger partial charge in [-0.15, -0.1) is 0 Å². The molecule has 0 aromatic heterocycles. The van der Waals surface area contributed by atoms with Gasteiger partial charge >= 0.3 is 0 Å². The zero-order valence-corrected chi connectivity index (χ0v) is 13.7. The monoisotopic (exact) mass is 335 g/mol. The Balaban J connectivity index is 2.07. The standard InChI is InChI=1S/C18H19F2NO3/c1-11(8-12-4-7-16(23-2)17(9-12)24-3)18(22)21-15-10-13(19)5-6-14(15)20/h4-7,9-11H,8H2,1-3H3,(H,21,22). The Hall–Kier alpha value is -2.63. The first-order valence-corrected chi connectivity index (χ1v) is 7.41. The Morgan fingerprint density at radius 1 is 1.08 bits per heavy atom. The van der Waals surface area contributed by atoms with Crippen molar-refractivity contribution in [2.75, 3.05) is 19.5 Å². The summed E-state index contributed by atoms with van der Waals surface area (Å²) in [6.45, 7) is 1.71. The molecule has 0 fully saturated rings. The Morgan fingerprint density at radius 3 is 2.46 bits per heavy atom. The molecule has 0 bridgehead atoms. The lowest BCUT2D eigenvalue weighted by Crippen LogP contribution is -2.22. The zero-order chi connectivity index (χ0) is 17.7. The Kier molecular flexibility index (Phi) is 5.73. The summed E-state index contributed by atoms with van der Waals surface area (Å²) in [5.74, 6) is -0.957. The molecule has 4 nitrogen and oxygen atoms in total. The van der Waals surface area contributed by atoms with Gasteiger partial charge in [0.1, 0.15) is 11.6 Å². The van der Waals surface area contributed by atoms with E-state index < -0.39 is 23.5 Å². The van der Waals surface area contributed by atoms with Crippen molar-refractivity contribution in [3.05, 3.63) is 53.6 Å². The highest BCUT2D eigenvalue weighted by Crippen LogP contribution is 2.28. The van der Waals surface area contributed by atoms with Gasteiger partial charge in [-0.1, -0.05) is 13.0 Å². The summed E-state index contributed by atoms with van der Waals surface area (Å²) < 4.78 is 37.1. The molecule has 0 radical (unpaired) electrons. The van der Waals surface area contributed by atoms with Crippen LogP contribution in [-0.2, 0) is 11.2 Å². The van der Waals surface area contributed by atoms with Crippen LogP contribution in [0.25, 0.3) is 0 Å². The third kappa shape index (κ3) is 4.22. The highest BCUT2D eigenvalue weighted by molar-refractivity contribution is 5.92. The maximum Gasteiger partial charge on any atom is 0.227 e. The van der Waals surface area contributed by atoms with Gasteiger partial charge < -0.3 is 14.8 Å². The van der Waals surface area contributed by atoms with Crippen molar-refractivity contribution < 1.29 is 23.0 Å². The normalized spacial score (nSPS) is 11.7. The number of nitrogens with one attached hydrogen (secondary N) is 1. The number of methoxy groups -OCH3 is 2. The largest absolute Gasteiger partial charge is 0.493 e. The second kappa shape index (κ2) is 7.77. The number of ether oxygens (including phenoxy) is 2. The van der Waals surface area contributed by atoms with Crippen LogP contribution in [0.5, 0.6) is 11.5 Å². The van der Waals surface area contributed by atoms with Crippen LogP contribution in [0.4, 0.5) is 14.5 Å². The summed E-state index contributed by atoms with van der Waals surface area (Å²) in [4.78, 5) is 12.2. The minimum Gasteiger partial charge on any atom is -0.493 e. The van der Waals surface area contributed by atoms with E-state index in [1.54, 1.807) is 26.2 Å². The van der Waals surface area contributed by atoms with Gasteiger partial charge in [0.2, 0.25) is 5.91 Å². The van der Waals surface area contributed by atoms with Crippen molar-refractivity contribution >= 4 is 11.6 Å². The third-order valence-electron chi connectivity index (χ3n) is 3.62. The molecule has 2 aromatic carbocycles. The molecule has 0 spiro atoms. The van der Waals surface area contributed by atoms with Crippen LogP contribution < -0.4 is 14.8 Å². The van der Waals surface area contributed by atoms with Crippen LogP contribution >= 0.6 is 0 Å². The average molecular weight is 335 g/mol. The van der Waals surface area contributed by atoms with E-state index in [0.717, 1.165) is 23.8 Å². The fourth-order valence-electron chi connectivity index (χ4n) is 2.30.